The van der Waals surface area contributed by atoms with Crippen LogP contribution < -0.4 is 0 Å². The van der Waals surface area contributed by atoms with Gasteiger partial charge in [-0.05, 0) is 36.5 Å². The highest BCUT2D eigenvalue weighted by Gasteiger charge is 2.13. The first-order valence-electron chi connectivity index (χ1n) is 7.76. The van der Waals surface area contributed by atoms with Crippen LogP contribution in [0.15, 0.2) is 35.5 Å². The van der Waals surface area contributed by atoms with E-state index in [2.05, 4.69) is 60.1 Å². The number of hydrogen-bond acceptors (Lipinski definition) is 4. The topological polar surface area (TPSA) is 43.1 Å². The van der Waals surface area contributed by atoms with Crippen LogP contribution in [0.1, 0.15) is 43.3 Å². The lowest BCUT2D eigenvalue weighted by Gasteiger charge is -2.19. The van der Waals surface area contributed by atoms with E-state index in [-0.39, 0.29) is 5.41 Å². The number of nitrogens with zero attached hydrogens (tertiary/aromatic N) is 4. The second-order valence-electron chi connectivity index (χ2n) is 6.88. The molecule has 3 rings (SSSR count). The summed E-state index contributed by atoms with van der Waals surface area (Å²) in [5.41, 5.74) is 4.85. The van der Waals surface area contributed by atoms with Crippen LogP contribution in [0, 0.1) is 13.8 Å². The minimum absolute atomic E-state index is 0.190. The fourth-order valence-corrected chi connectivity index (χ4v) is 3.23. The average Bonchev–Trinajstić information content (AvgIpc) is 2.88. The Balaban J connectivity index is 1.74. The van der Waals surface area contributed by atoms with E-state index in [9.17, 15) is 0 Å². The molecular weight excluding hydrogens is 304 g/mol. The maximum atomic E-state index is 4.53. The molecule has 1 aromatic carbocycles. The first-order chi connectivity index (χ1) is 10.8. The van der Waals surface area contributed by atoms with Crippen LogP contribution in [-0.4, -0.2) is 19.6 Å². The molecule has 0 amide bonds. The van der Waals surface area contributed by atoms with E-state index in [1.165, 1.54) is 11.1 Å². The largest absolute Gasteiger partial charge is 0.253 e. The number of hydrogen-bond donors (Lipinski definition) is 0. The maximum Gasteiger partial charge on any atom is 0.253 e. The zero-order valence-electron chi connectivity index (χ0n) is 14.3. The highest BCUT2D eigenvalue weighted by molar-refractivity contribution is 7.98. The first kappa shape index (κ1) is 16.0. The molecule has 0 saturated heterocycles. The molecule has 0 atom stereocenters. The van der Waals surface area contributed by atoms with Gasteiger partial charge < -0.3 is 0 Å². The Morgan fingerprint density at radius 1 is 1.04 bits per heavy atom. The molecule has 0 N–H and O–H groups in total. The van der Waals surface area contributed by atoms with Crippen molar-refractivity contribution in [1.29, 1.82) is 0 Å². The van der Waals surface area contributed by atoms with Crippen molar-refractivity contribution in [2.24, 2.45) is 0 Å². The van der Waals surface area contributed by atoms with Crippen LogP contribution in [0.4, 0.5) is 0 Å². The second kappa shape index (κ2) is 5.96. The lowest BCUT2D eigenvalue weighted by atomic mass is 9.87. The summed E-state index contributed by atoms with van der Waals surface area (Å²) in [6, 6.07) is 10.8. The van der Waals surface area contributed by atoms with E-state index < -0.39 is 0 Å². The van der Waals surface area contributed by atoms with Crippen molar-refractivity contribution in [3.8, 4) is 0 Å². The number of fused-ring (bicyclic) bond motifs is 1. The molecule has 0 aliphatic carbocycles. The van der Waals surface area contributed by atoms with Crippen LogP contribution >= 0.6 is 11.8 Å². The van der Waals surface area contributed by atoms with Crippen molar-refractivity contribution in [1.82, 2.24) is 19.6 Å². The summed E-state index contributed by atoms with van der Waals surface area (Å²) in [6.45, 7) is 10.7. The molecule has 23 heavy (non-hydrogen) atoms. The Hall–Kier alpha value is -1.88. The highest BCUT2D eigenvalue weighted by Crippen LogP contribution is 2.25. The third-order valence-corrected chi connectivity index (χ3v) is 4.70. The number of rotatable bonds is 3. The monoisotopic (exact) mass is 326 g/mol. The lowest BCUT2D eigenvalue weighted by molar-refractivity contribution is 0.590. The van der Waals surface area contributed by atoms with Gasteiger partial charge in [0.05, 0.1) is 0 Å². The molecule has 2 heterocycles. The molecule has 0 saturated carbocycles. The van der Waals surface area contributed by atoms with Crippen molar-refractivity contribution in [3.63, 3.8) is 0 Å². The Bertz CT molecular complexity index is 829. The zero-order valence-corrected chi connectivity index (χ0v) is 15.1. The van der Waals surface area contributed by atoms with Gasteiger partial charge in [0.2, 0.25) is 5.16 Å². The minimum atomic E-state index is 0.190. The van der Waals surface area contributed by atoms with Gasteiger partial charge in [0.25, 0.3) is 5.78 Å². The van der Waals surface area contributed by atoms with Gasteiger partial charge in [-0.1, -0.05) is 56.8 Å². The van der Waals surface area contributed by atoms with Crippen molar-refractivity contribution in [2.75, 3.05) is 0 Å². The Kier molecular flexibility index (Phi) is 4.15. The van der Waals surface area contributed by atoms with E-state index in [1.54, 1.807) is 16.3 Å². The summed E-state index contributed by atoms with van der Waals surface area (Å²) >= 11 is 1.64. The fourth-order valence-electron chi connectivity index (χ4n) is 2.46. The van der Waals surface area contributed by atoms with Gasteiger partial charge in [0.1, 0.15) is 0 Å². The molecule has 0 unspecified atom stereocenters. The van der Waals surface area contributed by atoms with Gasteiger partial charge in [-0.25, -0.2) is 9.50 Å². The molecule has 0 aliphatic heterocycles. The number of thioether (sulfide) groups is 1. The number of aryl methyl sites for hydroxylation is 2. The molecule has 0 fully saturated rings. The van der Waals surface area contributed by atoms with Crippen molar-refractivity contribution in [3.05, 3.63) is 52.8 Å². The smallest absolute Gasteiger partial charge is 0.216 e. The van der Waals surface area contributed by atoms with Crippen molar-refractivity contribution >= 4 is 17.5 Å². The summed E-state index contributed by atoms with van der Waals surface area (Å²) in [7, 11) is 0. The van der Waals surface area contributed by atoms with E-state index in [1.807, 2.05) is 19.9 Å². The predicted molar refractivity (Wildman–Crippen MR) is 95.0 cm³/mol. The predicted octanol–water partition coefficient (Wildman–Crippen LogP) is 4.33. The summed E-state index contributed by atoms with van der Waals surface area (Å²) in [6.07, 6.45) is 0. The summed E-state index contributed by atoms with van der Waals surface area (Å²) in [4.78, 5) is 8.94. The highest BCUT2D eigenvalue weighted by atomic mass is 32.2. The van der Waals surface area contributed by atoms with Gasteiger partial charge in [0.15, 0.2) is 0 Å². The average molecular weight is 326 g/mol. The van der Waals surface area contributed by atoms with Gasteiger partial charge in [-0.15, -0.1) is 5.10 Å². The molecular formula is C18H22N4S. The fraction of sp³-hybridized carbons (Fsp3) is 0.389. The normalized spacial score (nSPS) is 12.0. The molecule has 3 aromatic rings. The van der Waals surface area contributed by atoms with E-state index in [0.717, 1.165) is 22.3 Å². The quantitative estimate of drug-likeness (QED) is 0.672. The molecule has 120 valence electrons. The minimum Gasteiger partial charge on any atom is -0.216 e. The van der Waals surface area contributed by atoms with Crippen molar-refractivity contribution in [2.45, 2.75) is 50.9 Å². The standard InChI is InChI=1S/C18H22N4S/c1-12-10-13(2)22-16(19-12)20-17(21-22)23-11-14-6-8-15(9-7-14)18(3,4)5/h6-10H,11H2,1-5H3. The van der Waals surface area contributed by atoms with Crippen LogP contribution in [0.3, 0.4) is 0 Å². The molecule has 0 aliphatic rings. The van der Waals surface area contributed by atoms with Gasteiger partial charge in [-0.2, -0.15) is 4.98 Å². The van der Waals surface area contributed by atoms with Crippen LogP contribution in [0.2, 0.25) is 0 Å². The molecule has 4 nitrogen and oxygen atoms in total. The molecule has 2 aromatic heterocycles. The zero-order chi connectivity index (χ0) is 16.6. The van der Waals surface area contributed by atoms with Crippen molar-refractivity contribution < 1.29 is 0 Å². The molecule has 0 spiro atoms. The Labute approximate surface area is 141 Å². The Morgan fingerprint density at radius 3 is 2.39 bits per heavy atom. The Morgan fingerprint density at radius 2 is 1.74 bits per heavy atom. The van der Waals surface area contributed by atoms with E-state index in [0.29, 0.717) is 5.78 Å². The third kappa shape index (κ3) is 3.55. The maximum absolute atomic E-state index is 4.53. The van der Waals surface area contributed by atoms with E-state index >= 15 is 0 Å². The number of aromatic nitrogens is 4. The van der Waals surface area contributed by atoms with Gasteiger partial charge in [-0.3, -0.25) is 0 Å². The SMILES string of the molecule is Cc1cc(C)n2nc(SCc3ccc(C(C)(C)C)cc3)nc2n1. The molecule has 5 heteroatoms. The second-order valence-corrected chi connectivity index (χ2v) is 7.82. The lowest BCUT2D eigenvalue weighted by Crippen LogP contribution is -2.10. The number of benzene rings is 1. The van der Waals surface area contributed by atoms with Crippen LogP contribution in [0.5, 0.6) is 0 Å². The van der Waals surface area contributed by atoms with E-state index in [4.69, 9.17) is 0 Å². The third-order valence-electron chi connectivity index (χ3n) is 3.79. The summed E-state index contributed by atoms with van der Waals surface area (Å²) in [5, 5.41) is 5.30. The summed E-state index contributed by atoms with van der Waals surface area (Å²) < 4.78 is 1.80. The first-order valence-corrected chi connectivity index (χ1v) is 8.75. The van der Waals surface area contributed by atoms with Gasteiger partial charge in [0, 0.05) is 17.1 Å². The van der Waals surface area contributed by atoms with Crippen LogP contribution in [-0.2, 0) is 11.2 Å². The summed E-state index contributed by atoms with van der Waals surface area (Å²) in [5.74, 6) is 1.53. The van der Waals surface area contributed by atoms with Crippen LogP contribution in [0.25, 0.3) is 5.78 Å². The molecule has 0 bridgehead atoms. The molecule has 0 radical (unpaired) electrons. The van der Waals surface area contributed by atoms with Gasteiger partial charge >= 0.3 is 0 Å².